The summed E-state index contributed by atoms with van der Waals surface area (Å²) in [5.74, 6) is -0.860. The molecule has 0 radical (unpaired) electrons. The van der Waals surface area contributed by atoms with Gasteiger partial charge in [-0.3, -0.25) is 4.79 Å². The average Bonchev–Trinajstić information content (AvgIpc) is 2.85. The van der Waals surface area contributed by atoms with Gasteiger partial charge in [-0.1, -0.05) is 22.9 Å². The lowest BCUT2D eigenvalue weighted by Gasteiger charge is -2.16. The highest BCUT2D eigenvalue weighted by Crippen LogP contribution is 2.27. The zero-order chi connectivity index (χ0) is 17.0. The van der Waals surface area contributed by atoms with E-state index in [9.17, 15) is 9.59 Å². The summed E-state index contributed by atoms with van der Waals surface area (Å²) in [6, 6.07) is 5.68. The minimum absolute atomic E-state index is 0.131. The van der Waals surface area contributed by atoms with E-state index >= 15 is 0 Å². The minimum Gasteiger partial charge on any atom is -0.466 e. The van der Waals surface area contributed by atoms with Crippen molar-refractivity contribution < 1.29 is 19.4 Å². The molecular formula is C16H19BrN2O4. The Bertz CT molecular complexity index is 657. The van der Waals surface area contributed by atoms with Gasteiger partial charge in [0.1, 0.15) is 5.70 Å². The SMILES string of the molecule is CCc1cc(Br)ccc1NC1=C(C(=O)OC)CN(CCO)C1=O. The topological polar surface area (TPSA) is 78.9 Å². The molecule has 6 nitrogen and oxygen atoms in total. The predicted molar refractivity (Wildman–Crippen MR) is 89.9 cm³/mol. The normalized spacial score (nSPS) is 14.4. The van der Waals surface area contributed by atoms with Gasteiger partial charge in [0.15, 0.2) is 0 Å². The summed E-state index contributed by atoms with van der Waals surface area (Å²) in [6.45, 7) is 2.15. The van der Waals surface area contributed by atoms with E-state index < -0.39 is 5.97 Å². The molecule has 1 aromatic carbocycles. The number of aliphatic hydroxyl groups is 1. The highest BCUT2D eigenvalue weighted by atomic mass is 79.9. The molecule has 1 aromatic rings. The Balaban J connectivity index is 2.37. The Hall–Kier alpha value is -1.86. The minimum atomic E-state index is -0.545. The number of carbonyl (C=O) groups is 2. The van der Waals surface area contributed by atoms with Crippen LogP contribution in [0.4, 0.5) is 5.69 Å². The number of anilines is 1. The van der Waals surface area contributed by atoms with Gasteiger partial charge in [0, 0.05) is 16.7 Å². The molecule has 1 amide bonds. The van der Waals surface area contributed by atoms with Gasteiger partial charge >= 0.3 is 5.97 Å². The quantitative estimate of drug-likeness (QED) is 0.731. The van der Waals surface area contributed by atoms with Gasteiger partial charge in [-0.05, 0) is 30.2 Å². The smallest absolute Gasteiger partial charge is 0.337 e. The fraction of sp³-hybridized carbons (Fsp3) is 0.375. The van der Waals surface area contributed by atoms with Crippen molar-refractivity contribution in [2.75, 3.05) is 32.1 Å². The number of nitrogens with zero attached hydrogens (tertiary/aromatic N) is 1. The van der Waals surface area contributed by atoms with E-state index in [4.69, 9.17) is 9.84 Å². The van der Waals surface area contributed by atoms with Gasteiger partial charge in [0.05, 0.1) is 25.8 Å². The number of benzene rings is 1. The Morgan fingerprint density at radius 3 is 2.83 bits per heavy atom. The van der Waals surface area contributed by atoms with Crippen molar-refractivity contribution in [1.29, 1.82) is 0 Å². The van der Waals surface area contributed by atoms with Crippen LogP contribution in [0.1, 0.15) is 12.5 Å². The van der Waals surface area contributed by atoms with E-state index in [1.807, 2.05) is 25.1 Å². The molecule has 0 aliphatic carbocycles. The molecule has 124 valence electrons. The Kier molecular flexibility index (Phi) is 5.79. The third-order valence-corrected chi connectivity index (χ3v) is 4.15. The largest absolute Gasteiger partial charge is 0.466 e. The molecular weight excluding hydrogens is 364 g/mol. The van der Waals surface area contributed by atoms with Crippen molar-refractivity contribution in [3.05, 3.63) is 39.5 Å². The first-order valence-corrected chi connectivity index (χ1v) is 8.08. The highest BCUT2D eigenvalue weighted by Gasteiger charge is 2.34. The van der Waals surface area contributed by atoms with Crippen LogP contribution in [-0.4, -0.2) is 48.7 Å². The fourth-order valence-electron chi connectivity index (χ4n) is 2.46. The standard InChI is InChI=1S/C16H19BrN2O4/c1-3-10-8-11(17)4-5-13(10)18-14-12(16(22)23-2)9-19(6-7-20)15(14)21/h4-5,8,18,20H,3,6-7,9H2,1-2H3. The van der Waals surface area contributed by atoms with Crippen molar-refractivity contribution in [3.8, 4) is 0 Å². The maximum Gasteiger partial charge on any atom is 0.337 e. The van der Waals surface area contributed by atoms with Crippen LogP contribution in [-0.2, 0) is 20.7 Å². The van der Waals surface area contributed by atoms with Gasteiger partial charge in [-0.25, -0.2) is 4.79 Å². The number of hydrogen-bond acceptors (Lipinski definition) is 5. The van der Waals surface area contributed by atoms with Crippen LogP contribution >= 0.6 is 15.9 Å². The number of esters is 1. The number of β-amino-alcohol motifs (C(OH)–C–C–N with tert-alkyl or cyclic N) is 1. The Labute approximate surface area is 143 Å². The first-order valence-electron chi connectivity index (χ1n) is 7.28. The second-order valence-electron chi connectivity index (χ2n) is 5.08. The molecule has 0 unspecified atom stereocenters. The van der Waals surface area contributed by atoms with Crippen LogP contribution in [0.2, 0.25) is 0 Å². The molecule has 2 rings (SSSR count). The monoisotopic (exact) mass is 382 g/mol. The summed E-state index contributed by atoms with van der Waals surface area (Å²) in [5, 5.41) is 12.1. The van der Waals surface area contributed by atoms with E-state index in [1.165, 1.54) is 12.0 Å². The molecule has 1 aliphatic rings. The number of ether oxygens (including phenoxy) is 1. The van der Waals surface area contributed by atoms with Crippen LogP contribution in [0.15, 0.2) is 33.9 Å². The molecule has 0 fully saturated rings. The zero-order valence-electron chi connectivity index (χ0n) is 13.1. The van der Waals surface area contributed by atoms with E-state index in [0.29, 0.717) is 0 Å². The third kappa shape index (κ3) is 3.73. The number of nitrogens with one attached hydrogen (secondary N) is 1. The number of carbonyl (C=O) groups excluding carboxylic acids is 2. The van der Waals surface area contributed by atoms with Crippen molar-refractivity contribution >= 4 is 33.5 Å². The molecule has 2 N–H and O–H groups in total. The molecule has 7 heteroatoms. The molecule has 0 saturated heterocycles. The number of aliphatic hydroxyl groups excluding tert-OH is 1. The van der Waals surface area contributed by atoms with Crippen LogP contribution in [0.3, 0.4) is 0 Å². The average molecular weight is 383 g/mol. The lowest BCUT2D eigenvalue weighted by Crippen LogP contribution is -2.31. The third-order valence-electron chi connectivity index (χ3n) is 3.66. The lowest BCUT2D eigenvalue weighted by atomic mass is 10.1. The molecule has 0 atom stereocenters. The number of methoxy groups -OCH3 is 1. The maximum absolute atomic E-state index is 12.5. The van der Waals surface area contributed by atoms with Gasteiger partial charge < -0.3 is 20.1 Å². The van der Waals surface area contributed by atoms with Crippen molar-refractivity contribution in [3.63, 3.8) is 0 Å². The highest BCUT2D eigenvalue weighted by molar-refractivity contribution is 9.10. The summed E-state index contributed by atoms with van der Waals surface area (Å²) < 4.78 is 5.71. The van der Waals surface area contributed by atoms with Crippen LogP contribution in [0.5, 0.6) is 0 Å². The summed E-state index contributed by atoms with van der Waals surface area (Å²) in [5.41, 5.74) is 2.27. The number of hydrogen-bond donors (Lipinski definition) is 2. The Morgan fingerprint density at radius 2 is 2.22 bits per heavy atom. The first kappa shape index (κ1) is 17.5. The van der Waals surface area contributed by atoms with Crippen LogP contribution in [0, 0.1) is 0 Å². The summed E-state index contributed by atoms with van der Waals surface area (Å²) in [7, 11) is 1.28. The van der Waals surface area contributed by atoms with Gasteiger partial charge in [0.25, 0.3) is 5.91 Å². The second kappa shape index (κ2) is 7.61. The van der Waals surface area contributed by atoms with Crippen molar-refractivity contribution in [2.24, 2.45) is 0 Å². The van der Waals surface area contributed by atoms with Gasteiger partial charge in [-0.15, -0.1) is 0 Å². The van der Waals surface area contributed by atoms with E-state index in [-0.39, 0.29) is 36.9 Å². The second-order valence-corrected chi connectivity index (χ2v) is 5.99. The maximum atomic E-state index is 12.5. The number of aryl methyl sites for hydroxylation is 1. The summed E-state index contributed by atoms with van der Waals surface area (Å²) in [6.07, 6.45) is 0.775. The van der Waals surface area contributed by atoms with E-state index in [1.54, 1.807) is 0 Å². The molecule has 0 aromatic heterocycles. The summed E-state index contributed by atoms with van der Waals surface area (Å²) >= 11 is 3.42. The first-order chi connectivity index (χ1) is 11.0. The van der Waals surface area contributed by atoms with E-state index in [0.717, 1.165) is 22.1 Å². The molecule has 23 heavy (non-hydrogen) atoms. The zero-order valence-corrected chi connectivity index (χ0v) is 14.6. The number of rotatable bonds is 6. The van der Waals surface area contributed by atoms with E-state index in [2.05, 4.69) is 21.2 Å². The molecule has 1 aliphatic heterocycles. The number of amides is 1. The molecule has 1 heterocycles. The number of halogens is 1. The fourth-order valence-corrected chi connectivity index (χ4v) is 2.87. The summed E-state index contributed by atoms with van der Waals surface area (Å²) in [4.78, 5) is 25.8. The van der Waals surface area contributed by atoms with Crippen LogP contribution < -0.4 is 5.32 Å². The molecule has 0 spiro atoms. The van der Waals surface area contributed by atoms with Gasteiger partial charge in [0.2, 0.25) is 0 Å². The van der Waals surface area contributed by atoms with Gasteiger partial charge in [-0.2, -0.15) is 0 Å². The molecule has 0 saturated carbocycles. The lowest BCUT2D eigenvalue weighted by molar-refractivity contribution is -0.136. The molecule has 0 bridgehead atoms. The Morgan fingerprint density at radius 1 is 1.48 bits per heavy atom. The van der Waals surface area contributed by atoms with Crippen molar-refractivity contribution in [2.45, 2.75) is 13.3 Å². The van der Waals surface area contributed by atoms with Crippen LogP contribution in [0.25, 0.3) is 0 Å². The predicted octanol–water partition coefficient (Wildman–Crippen LogP) is 1.68. The van der Waals surface area contributed by atoms with Crippen molar-refractivity contribution in [1.82, 2.24) is 4.90 Å².